The molecule has 1 fully saturated rings. The molecule has 3 rings (SSSR count). The van der Waals surface area contributed by atoms with Gasteiger partial charge in [-0.1, -0.05) is 17.7 Å². The Morgan fingerprint density at radius 1 is 1.12 bits per heavy atom. The van der Waals surface area contributed by atoms with Gasteiger partial charge in [-0.2, -0.15) is 0 Å². The van der Waals surface area contributed by atoms with Crippen molar-refractivity contribution in [1.29, 1.82) is 0 Å². The molecule has 2 aromatic carbocycles. The number of hydrogen-bond donors (Lipinski definition) is 2. The first-order valence-corrected chi connectivity index (χ1v) is 8.07. The molecule has 132 valence electrons. The van der Waals surface area contributed by atoms with Gasteiger partial charge in [0.2, 0.25) is 0 Å². The molecule has 0 bridgehead atoms. The van der Waals surface area contributed by atoms with Crippen molar-refractivity contribution in [3.8, 4) is 5.75 Å². The zero-order chi connectivity index (χ0) is 18.2. The van der Waals surface area contributed by atoms with Gasteiger partial charge in [0.05, 0.1) is 16.7 Å². The molecule has 1 amide bonds. The Kier molecular flexibility index (Phi) is 4.47. The Morgan fingerprint density at radius 3 is 2.32 bits per heavy atom. The zero-order valence-electron chi connectivity index (χ0n) is 13.8. The lowest BCUT2D eigenvalue weighted by Crippen LogP contribution is -2.46. The largest absolute Gasteiger partial charge is 0.507 e. The number of hydrogen-bond acceptors (Lipinski definition) is 3. The van der Waals surface area contributed by atoms with Gasteiger partial charge in [-0.05, 0) is 44.0 Å². The van der Waals surface area contributed by atoms with Crippen molar-refractivity contribution in [3.05, 3.63) is 64.7 Å². The number of carbonyl (C=O) groups is 1. The summed E-state index contributed by atoms with van der Waals surface area (Å²) < 4.78 is 28.0. The van der Waals surface area contributed by atoms with Crippen LogP contribution < -0.4 is 0 Å². The van der Waals surface area contributed by atoms with Crippen LogP contribution in [0.4, 0.5) is 8.78 Å². The van der Waals surface area contributed by atoms with E-state index in [4.69, 9.17) is 0 Å². The van der Waals surface area contributed by atoms with E-state index in [1.165, 1.54) is 17.0 Å². The van der Waals surface area contributed by atoms with Crippen molar-refractivity contribution in [3.63, 3.8) is 0 Å². The molecule has 0 radical (unpaired) electrons. The van der Waals surface area contributed by atoms with Crippen LogP contribution in [-0.2, 0) is 5.60 Å². The van der Waals surface area contributed by atoms with Crippen LogP contribution >= 0.6 is 0 Å². The van der Waals surface area contributed by atoms with Gasteiger partial charge < -0.3 is 15.1 Å². The molecule has 1 aliphatic heterocycles. The zero-order valence-corrected chi connectivity index (χ0v) is 13.8. The predicted molar refractivity (Wildman–Crippen MR) is 88.2 cm³/mol. The van der Waals surface area contributed by atoms with E-state index in [1.54, 1.807) is 12.1 Å². The van der Waals surface area contributed by atoms with Crippen LogP contribution in [0.15, 0.2) is 36.4 Å². The van der Waals surface area contributed by atoms with Crippen molar-refractivity contribution >= 4 is 5.91 Å². The second kappa shape index (κ2) is 6.44. The Bertz CT molecular complexity index is 794. The minimum Gasteiger partial charge on any atom is -0.507 e. The van der Waals surface area contributed by atoms with E-state index in [1.807, 2.05) is 6.92 Å². The van der Waals surface area contributed by atoms with Gasteiger partial charge in [0, 0.05) is 13.1 Å². The molecule has 0 spiro atoms. The molecule has 1 saturated heterocycles. The quantitative estimate of drug-likeness (QED) is 0.878. The summed E-state index contributed by atoms with van der Waals surface area (Å²) in [6.45, 7) is 2.08. The van der Waals surface area contributed by atoms with Gasteiger partial charge in [0.15, 0.2) is 0 Å². The molecule has 4 nitrogen and oxygen atoms in total. The Balaban J connectivity index is 1.80. The van der Waals surface area contributed by atoms with Crippen LogP contribution in [-0.4, -0.2) is 34.1 Å². The number of aliphatic hydroxyl groups is 1. The van der Waals surface area contributed by atoms with Crippen molar-refractivity contribution in [2.45, 2.75) is 25.4 Å². The summed E-state index contributed by atoms with van der Waals surface area (Å²) >= 11 is 0. The number of piperidine rings is 1. The van der Waals surface area contributed by atoms with Gasteiger partial charge in [-0.3, -0.25) is 4.79 Å². The predicted octanol–water partition coefficient (Wildman–Crippen LogP) is 3.10. The molecule has 0 unspecified atom stereocenters. The molecular formula is C19H19F2NO3. The number of carbonyl (C=O) groups excluding carboxylic acids is 1. The maximum Gasteiger partial charge on any atom is 0.257 e. The standard InChI is InChI=1S/C19H19F2NO3/c1-12-5-6-16(23)13(11-12)18(24)22-9-7-19(25,8-10-22)17-14(20)3-2-4-15(17)21/h2-6,11,23,25H,7-10H2,1H3. The average molecular weight is 347 g/mol. The number of likely N-dealkylation sites (tertiary alicyclic amines) is 1. The molecule has 2 aromatic rings. The van der Waals surface area contributed by atoms with Crippen molar-refractivity contribution < 1.29 is 23.8 Å². The SMILES string of the molecule is Cc1ccc(O)c(C(=O)N2CCC(O)(c3c(F)cccc3F)CC2)c1. The number of aryl methyl sites for hydroxylation is 1. The summed E-state index contributed by atoms with van der Waals surface area (Å²) in [7, 11) is 0. The number of phenolic OH excluding ortho intramolecular Hbond substituents is 1. The van der Waals surface area contributed by atoms with Crippen molar-refractivity contribution in [2.24, 2.45) is 0 Å². The minimum absolute atomic E-state index is 0.0170. The van der Waals surface area contributed by atoms with E-state index in [9.17, 15) is 23.8 Å². The fourth-order valence-electron chi connectivity index (χ4n) is 3.26. The van der Waals surface area contributed by atoms with Crippen LogP contribution in [0, 0.1) is 18.6 Å². The average Bonchev–Trinajstić information content (AvgIpc) is 2.57. The van der Waals surface area contributed by atoms with Crippen LogP contribution in [0.1, 0.15) is 34.3 Å². The van der Waals surface area contributed by atoms with Gasteiger partial charge in [0.1, 0.15) is 17.4 Å². The molecule has 25 heavy (non-hydrogen) atoms. The highest BCUT2D eigenvalue weighted by atomic mass is 19.1. The number of amides is 1. The van der Waals surface area contributed by atoms with Gasteiger partial charge in [-0.15, -0.1) is 0 Å². The molecule has 0 aliphatic carbocycles. The maximum atomic E-state index is 14.0. The highest BCUT2D eigenvalue weighted by Crippen LogP contribution is 2.36. The van der Waals surface area contributed by atoms with E-state index in [2.05, 4.69) is 0 Å². The summed E-state index contributed by atoms with van der Waals surface area (Å²) in [4.78, 5) is 14.1. The van der Waals surface area contributed by atoms with Crippen molar-refractivity contribution in [2.75, 3.05) is 13.1 Å². The molecule has 0 aromatic heterocycles. The number of rotatable bonds is 2. The van der Waals surface area contributed by atoms with Crippen LogP contribution in [0.25, 0.3) is 0 Å². The Morgan fingerprint density at radius 2 is 1.72 bits per heavy atom. The topological polar surface area (TPSA) is 60.8 Å². The Hall–Kier alpha value is -2.47. The highest BCUT2D eigenvalue weighted by molar-refractivity contribution is 5.97. The monoisotopic (exact) mass is 347 g/mol. The molecule has 0 saturated carbocycles. The second-order valence-electron chi connectivity index (χ2n) is 6.44. The summed E-state index contributed by atoms with van der Waals surface area (Å²) in [5.41, 5.74) is -0.980. The lowest BCUT2D eigenvalue weighted by molar-refractivity contribution is -0.0262. The van der Waals surface area contributed by atoms with Gasteiger partial charge in [0.25, 0.3) is 5.91 Å². The molecule has 1 heterocycles. The number of nitrogens with zero attached hydrogens (tertiary/aromatic N) is 1. The van der Waals surface area contributed by atoms with E-state index in [0.717, 1.165) is 17.7 Å². The van der Waals surface area contributed by atoms with Crippen molar-refractivity contribution in [1.82, 2.24) is 4.90 Å². The van der Waals surface area contributed by atoms with Crippen LogP contribution in [0.3, 0.4) is 0 Å². The third kappa shape index (κ3) is 3.22. The fraction of sp³-hybridized carbons (Fsp3) is 0.316. The first kappa shape index (κ1) is 17.4. The fourth-order valence-corrected chi connectivity index (χ4v) is 3.26. The maximum absolute atomic E-state index is 14.0. The molecule has 0 atom stereocenters. The number of benzene rings is 2. The smallest absolute Gasteiger partial charge is 0.257 e. The second-order valence-corrected chi connectivity index (χ2v) is 6.44. The van der Waals surface area contributed by atoms with E-state index in [-0.39, 0.29) is 48.7 Å². The normalized spacial score (nSPS) is 16.7. The summed E-state index contributed by atoms with van der Waals surface area (Å²) in [6, 6.07) is 8.21. The van der Waals surface area contributed by atoms with Crippen LogP contribution in [0.2, 0.25) is 0 Å². The molecule has 1 aliphatic rings. The van der Waals surface area contributed by atoms with E-state index in [0.29, 0.717) is 0 Å². The molecule has 2 N–H and O–H groups in total. The third-order valence-corrected chi connectivity index (χ3v) is 4.69. The van der Waals surface area contributed by atoms with Gasteiger partial charge in [-0.25, -0.2) is 8.78 Å². The number of halogens is 2. The highest BCUT2D eigenvalue weighted by Gasteiger charge is 2.39. The first-order valence-electron chi connectivity index (χ1n) is 8.07. The number of phenols is 1. The van der Waals surface area contributed by atoms with E-state index >= 15 is 0 Å². The van der Waals surface area contributed by atoms with Crippen LogP contribution in [0.5, 0.6) is 5.75 Å². The summed E-state index contributed by atoms with van der Waals surface area (Å²) in [6.07, 6.45) is 0.0341. The molecular weight excluding hydrogens is 328 g/mol. The van der Waals surface area contributed by atoms with Gasteiger partial charge >= 0.3 is 0 Å². The summed E-state index contributed by atoms with van der Waals surface area (Å²) in [5, 5.41) is 20.6. The lowest BCUT2D eigenvalue weighted by atomic mass is 9.83. The number of aromatic hydroxyl groups is 1. The van der Waals surface area contributed by atoms with E-state index < -0.39 is 17.2 Å². The Labute approximate surface area is 144 Å². The minimum atomic E-state index is -1.65. The third-order valence-electron chi connectivity index (χ3n) is 4.69. The summed E-state index contributed by atoms with van der Waals surface area (Å²) in [5.74, 6) is -2.06. The first-order chi connectivity index (χ1) is 11.8. The lowest BCUT2D eigenvalue weighted by Gasteiger charge is -2.38. The molecule has 6 heteroatoms.